The molecule has 3 nitrogen and oxygen atoms in total. The molecule has 1 aromatic carbocycles. The van der Waals surface area contributed by atoms with E-state index < -0.39 is 0 Å². The molecule has 0 aliphatic heterocycles. The van der Waals surface area contributed by atoms with Crippen LogP contribution < -0.4 is 10.1 Å². The molecule has 0 aliphatic rings. The van der Waals surface area contributed by atoms with E-state index in [0.717, 1.165) is 24.4 Å². The van der Waals surface area contributed by atoms with Crippen LogP contribution in [0.4, 0.5) is 0 Å². The second-order valence-electron chi connectivity index (χ2n) is 6.21. The molecule has 0 fully saturated rings. The fourth-order valence-electron chi connectivity index (χ4n) is 1.90. The Morgan fingerprint density at radius 1 is 1.19 bits per heavy atom. The lowest BCUT2D eigenvalue weighted by Gasteiger charge is -2.20. The summed E-state index contributed by atoms with van der Waals surface area (Å²) in [6, 6.07) is 8.32. The van der Waals surface area contributed by atoms with Crippen LogP contribution in [-0.4, -0.2) is 17.1 Å². The van der Waals surface area contributed by atoms with Gasteiger partial charge < -0.3 is 10.1 Å². The molecule has 0 amide bonds. The summed E-state index contributed by atoms with van der Waals surface area (Å²) in [6.45, 7) is 10.1. The number of rotatable bonds is 6. The van der Waals surface area contributed by atoms with Crippen molar-refractivity contribution in [2.24, 2.45) is 0 Å². The van der Waals surface area contributed by atoms with E-state index in [-0.39, 0.29) is 5.54 Å². The first kappa shape index (κ1) is 16.0. The van der Waals surface area contributed by atoms with Crippen molar-refractivity contribution < 1.29 is 4.74 Å². The van der Waals surface area contributed by atoms with E-state index in [1.165, 1.54) is 10.4 Å². The fraction of sp³-hybridized carbons (Fsp3) is 0.471. The Morgan fingerprint density at radius 3 is 2.48 bits per heavy atom. The van der Waals surface area contributed by atoms with Crippen molar-refractivity contribution in [1.29, 1.82) is 0 Å². The van der Waals surface area contributed by atoms with Gasteiger partial charge in [-0.25, -0.2) is 4.98 Å². The summed E-state index contributed by atoms with van der Waals surface area (Å²) in [7, 11) is 0. The number of thiazole rings is 1. The highest BCUT2D eigenvalue weighted by atomic mass is 32.1. The minimum absolute atomic E-state index is 0.141. The molecule has 4 heteroatoms. The molecule has 0 saturated carbocycles. The molecule has 0 spiro atoms. The van der Waals surface area contributed by atoms with E-state index in [2.05, 4.69) is 43.2 Å². The molecule has 114 valence electrons. The largest absolute Gasteiger partial charge is 0.493 e. The molecule has 0 atom stereocenters. The first-order chi connectivity index (χ1) is 9.94. The van der Waals surface area contributed by atoms with Gasteiger partial charge in [0, 0.05) is 23.4 Å². The monoisotopic (exact) mass is 304 g/mol. The number of ether oxygens (including phenoxy) is 1. The van der Waals surface area contributed by atoms with Gasteiger partial charge in [0.15, 0.2) is 0 Å². The Kier molecular flexibility index (Phi) is 5.37. The van der Waals surface area contributed by atoms with Gasteiger partial charge in [-0.1, -0.05) is 12.1 Å². The Balaban J connectivity index is 1.78. The van der Waals surface area contributed by atoms with Crippen LogP contribution in [0.15, 0.2) is 29.8 Å². The molecular weight excluding hydrogens is 280 g/mol. The standard InChI is InChI=1S/C17H24N2OS/c1-13-16(21-12-18-13)9-10-20-15-7-5-14(6-8-15)11-19-17(2,3)4/h5-8,12,19H,9-11H2,1-4H3. The predicted molar refractivity (Wildman–Crippen MR) is 89.1 cm³/mol. The molecule has 2 rings (SSSR count). The van der Waals surface area contributed by atoms with Crippen molar-refractivity contribution in [2.45, 2.75) is 46.2 Å². The topological polar surface area (TPSA) is 34.1 Å². The molecule has 0 saturated heterocycles. The lowest BCUT2D eigenvalue weighted by Crippen LogP contribution is -2.35. The summed E-state index contributed by atoms with van der Waals surface area (Å²) >= 11 is 1.70. The number of aryl methyl sites for hydroxylation is 1. The van der Waals surface area contributed by atoms with Crippen LogP contribution in [0.3, 0.4) is 0 Å². The minimum atomic E-state index is 0.141. The van der Waals surface area contributed by atoms with Gasteiger partial charge in [-0.3, -0.25) is 0 Å². The lowest BCUT2D eigenvalue weighted by atomic mass is 10.1. The molecule has 1 heterocycles. The Morgan fingerprint density at radius 2 is 1.90 bits per heavy atom. The van der Waals surface area contributed by atoms with Crippen molar-refractivity contribution in [3.8, 4) is 5.75 Å². The maximum atomic E-state index is 5.79. The van der Waals surface area contributed by atoms with E-state index >= 15 is 0 Å². The maximum Gasteiger partial charge on any atom is 0.119 e. The lowest BCUT2D eigenvalue weighted by molar-refractivity contribution is 0.322. The molecule has 0 aliphatic carbocycles. The second kappa shape index (κ2) is 7.05. The summed E-state index contributed by atoms with van der Waals surface area (Å²) in [5, 5.41) is 3.48. The van der Waals surface area contributed by atoms with E-state index in [1.807, 2.05) is 24.6 Å². The molecule has 0 unspecified atom stereocenters. The summed E-state index contributed by atoms with van der Waals surface area (Å²) in [5.41, 5.74) is 4.42. The third-order valence-corrected chi connectivity index (χ3v) is 4.18. The molecule has 0 radical (unpaired) electrons. The molecule has 1 N–H and O–H groups in total. The van der Waals surface area contributed by atoms with Crippen LogP contribution in [0, 0.1) is 6.92 Å². The van der Waals surface area contributed by atoms with Crippen molar-refractivity contribution in [2.75, 3.05) is 6.61 Å². The van der Waals surface area contributed by atoms with E-state index in [0.29, 0.717) is 6.61 Å². The van der Waals surface area contributed by atoms with Gasteiger partial charge in [-0.15, -0.1) is 11.3 Å². The number of aromatic nitrogens is 1. The molecule has 21 heavy (non-hydrogen) atoms. The van der Waals surface area contributed by atoms with Gasteiger partial charge in [0.25, 0.3) is 0 Å². The Bertz CT molecular complexity index is 555. The highest BCUT2D eigenvalue weighted by Crippen LogP contribution is 2.16. The Hall–Kier alpha value is -1.39. The first-order valence-corrected chi connectivity index (χ1v) is 8.18. The average Bonchev–Trinajstić information content (AvgIpc) is 2.83. The second-order valence-corrected chi connectivity index (χ2v) is 7.15. The van der Waals surface area contributed by atoms with Crippen LogP contribution in [0.1, 0.15) is 36.9 Å². The summed E-state index contributed by atoms with van der Waals surface area (Å²) in [4.78, 5) is 5.56. The van der Waals surface area contributed by atoms with E-state index in [1.54, 1.807) is 11.3 Å². The minimum Gasteiger partial charge on any atom is -0.493 e. The van der Waals surface area contributed by atoms with Crippen LogP contribution >= 0.6 is 11.3 Å². The van der Waals surface area contributed by atoms with Crippen molar-refractivity contribution in [1.82, 2.24) is 10.3 Å². The summed E-state index contributed by atoms with van der Waals surface area (Å²) in [6.07, 6.45) is 0.920. The third kappa shape index (κ3) is 5.48. The van der Waals surface area contributed by atoms with Crippen molar-refractivity contribution in [3.05, 3.63) is 45.9 Å². The number of nitrogens with one attached hydrogen (secondary N) is 1. The zero-order chi connectivity index (χ0) is 15.3. The maximum absolute atomic E-state index is 5.79. The normalized spacial score (nSPS) is 11.6. The zero-order valence-corrected chi connectivity index (χ0v) is 14.1. The van der Waals surface area contributed by atoms with Gasteiger partial charge in [0.2, 0.25) is 0 Å². The first-order valence-electron chi connectivity index (χ1n) is 7.30. The van der Waals surface area contributed by atoms with Crippen molar-refractivity contribution >= 4 is 11.3 Å². The van der Waals surface area contributed by atoms with Crippen LogP contribution in [0.5, 0.6) is 5.75 Å². The van der Waals surface area contributed by atoms with Crippen molar-refractivity contribution in [3.63, 3.8) is 0 Å². The van der Waals surface area contributed by atoms with Gasteiger partial charge in [0.1, 0.15) is 5.75 Å². The number of nitrogens with zero attached hydrogens (tertiary/aromatic N) is 1. The van der Waals surface area contributed by atoms with Crippen LogP contribution in [0.2, 0.25) is 0 Å². The van der Waals surface area contributed by atoms with Gasteiger partial charge in [-0.05, 0) is 45.4 Å². The predicted octanol–water partition coefficient (Wildman–Crippen LogP) is 3.96. The number of hydrogen-bond donors (Lipinski definition) is 1. The van der Waals surface area contributed by atoms with Gasteiger partial charge in [-0.2, -0.15) is 0 Å². The van der Waals surface area contributed by atoms with Gasteiger partial charge in [0.05, 0.1) is 17.8 Å². The van der Waals surface area contributed by atoms with Crippen LogP contribution in [-0.2, 0) is 13.0 Å². The highest BCUT2D eigenvalue weighted by Gasteiger charge is 2.08. The third-order valence-electron chi connectivity index (χ3n) is 3.19. The van der Waals surface area contributed by atoms with E-state index in [9.17, 15) is 0 Å². The van der Waals surface area contributed by atoms with Gasteiger partial charge >= 0.3 is 0 Å². The summed E-state index contributed by atoms with van der Waals surface area (Å²) in [5.74, 6) is 0.927. The van der Waals surface area contributed by atoms with E-state index in [4.69, 9.17) is 4.74 Å². The number of hydrogen-bond acceptors (Lipinski definition) is 4. The fourth-order valence-corrected chi connectivity index (χ4v) is 2.66. The summed E-state index contributed by atoms with van der Waals surface area (Å²) < 4.78 is 5.79. The smallest absolute Gasteiger partial charge is 0.119 e. The SMILES string of the molecule is Cc1ncsc1CCOc1ccc(CNC(C)(C)C)cc1. The quantitative estimate of drug-likeness (QED) is 0.877. The molecule has 2 aromatic rings. The molecule has 1 aromatic heterocycles. The molecular formula is C17H24N2OS. The zero-order valence-electron chi connectivity index (χ0n) is 13.3. The molecule has 0 bridgehead atoms. The highest BCUT2D eigenvalue weighted by molar-refractivity contribution is 7.09. The Labute approximate surface area is 131 Å². The number of benzene rings is 1. The average molecular weight is 304 g/mol. The van der Waals surface area contributed by atoms with Crippen LogP contribution in [0.25, 0.3) is 0 Å².